The number of amides is 1. The van der Waals surface area contributed by atoms with Gasteiger partial charge in [0.15, 0.2) is 0 Å². The number of hydrogen-bond acceptors (Lipinski definition) is 4. The molecule has 6 nitrogen and oxygen atoms in total. The lowest BCUT2D eigenvalue weighted by atomic mass is 9.89. The number of alkyl carbamates (subject to hydrolysis) is 1. The maximum absolute atomic E-state index is 12.5. The van der Waals surface area contributed by atoms with E-state index in [0.29, 0.717) is 19.6 Å². The van der Waals surface area contributed by atoms with Crippen LogP contribution in [-0.2, 0) is 27.1 Å². The summed E-state index contributed by atoms with van der Waals surface area (Å²) in [5.41, 5.74) is 0.398. The molecule has 1 amide bonds. The number of carbonyl (C=O) groups excluding carboxylic acids is 1. The smallest absolute Gasteiger partial charge is 0.407 e. The van der Waals surface area contributed by atoms with Crippen LogP contribution in [0.4, 0.5) is 4.79 Å². The molecule has 1 saturated heterocycles. The molecule has 1 fully saturated rings. The van der Waals surface area contributed by atoms with E-state index in [1.54, 1.807) is 0 Å². The topological polar surface area (TPSA) is 76.7 Å². The SMILES string of the molecule is CC(C)(C)[S@](=O)N[C@]1(C)CCOC[C@@H]1NC(=O)OCc1ccccc1. The molecule has 1 aromatic carbocycles. The highest BCUT2D eigenvalue weighted by molar-refractivity contribution is 7.84. The summed E-state index contributed by atoms with van der Waals surface area (Å²) in [5, 5.41) is 2.85. The number of hydrogen-bond donors (Lipinski definition) is 2. The molecule has 1 aromatic rings. The van der Waals surface area contributed by atoms with Gasteiger partial charge in [0.1, 0.15) is 6.61 Å². The van der Waals surface area contributed by atoms with E-state index >= 15 is 0 Å². The molecule has 0 aliphatic carbocycles. The number of nitrogens with one attached hydrogen (secondary N) is 2. The Labute approximate surface area is 152 Å². The van der Waals surface area contributed by atoms with Gasteiger partial charge in [0.05, 0.1) is 33.9 Å². The monoisotopic (exact) mass is 368 g/mol. The number of benzene rings is 1. The van der Waals surface area contributed by atoms with Crippen LogP contribution in [0.3, 0.4) is 0 Å². The van der Waals surface area contributed by atoms with Crippen molar-refractivity contribution in [2.24, 2.45) is 0 Å². The van der Waals surface area contributed by atoms with Crippen molar-refractivity contribution in [2.45, 2.75) is 57.1 Å². The van der Waals surface area contributed by atoms with Crippen LogP contribution >= 0.6 is 0 Å². The third-order valence-corrected chi connectivity index (χ3v) is 5.97. The summed E-state index contributed by atoms with van der Waals surface area (Å²) in [5.74, 6) is 0. The van der Waals surface area contributed by atoms with Crippen LogP contribution < -0.4 is 10.0 Å². The first-order valence-electron chi connectivity index (χ1n) is 8.45. The van der Waals surface area contributed by atoms with Gasteiger partial charge in [0, 0.05) is 6.61 Å². The van der Waals surface area contributed by atoms with E-state index in [9.17, 15) is 9.00 Å². The lowest BCUT2D eigenvalue weighted by Crippen LogP contribution is -2.65. The summed E-state index contributed by atoms with van der Waals surface area (Å²) >= 11 is 0. The molecule has 25 heavy (non-hydrogen) atoms. The van der Waals surface area contributed by atoms with Gasteiger partial charge in [-0.15, -0.1) is 0 Å². The Kier molecular flexibility index (Phi) is 6.59. The fraction of sp³-hybridized carbons (Fsp3) is 0.611. The first-order valence-corrected chi connectivity index (χ1v) is 9.60. The second-order valence-electron chi connectivity index (χ2n) is 7.48. The summed E-state index contributed by atoms with van der Waals surface area (Å²) < 4.78 is 26.1. The molecule has 0 saturated carbocycles. The molecule has 1 heterocycles. The van der Waals surface area contributed by atoms with E-state index in [4.69, 9.17) is 9.47 Å². The van der Waals surface area contributed by atoms with Crippen molar-refractivity contribution < 1.29 is 18.5 Å². The molecule has 0 unspecified atom stereocenters. The highest BCUT2D eigenvalue weighted by Crippen LogP contribution is 2.24. The van der Waals surface area contributed by atoms with Crippen LogP contribution in [0.2, 0.25) is 0 Å². The molecule has 0 bridgehead atoms. The normalized spacial score (nSPS) is 25.2. The third-order valence-electron chi connectivity index (χ3n) is 4.21. The van der Waals surface area contributed by atoms with Crippen molar-refractivity contribution in [1.29, 1.82) is 0 Å². The summed E-state index contributed by atoms with van der Waals surface area (Å²) in [7, 11) is -1.24. The second-order valence-corrected chi connectivity index (χ2v) is 9.45. The summed E-state index contributed by atoms with van der Waals surface area (Å²) in [6, 6.07) is 9.18. The predicted molar refractivity (Wildman–Crippen MR) is 98.4 cm³/mol. The van der Waals surface area contributed by atoms with Gasteiger partial charge in [-0.3, -0.25) is 0 Å². The summed E-state index contributed by atoms with van der Waals surface area (Å²) in [6.07, 6.45) is 0.146. The molecule has 2 N–H and O–H groups in total. The fourth-order valence-electron chi connectivity index (χ4n) is 2.44. The Bertz CT molecular complexity index is 603. The maximum Gasteiger partial charge on any atom is 0.407 e. The minimum atomic E-state index is -1.24. The van der Waals surface area contributed by atoms with Gasteiger partial charge in [0.2, 0.25) is 0 Å². The predicted octanol–water partition coefficient (Wildman–Crippen LogP) is 2.51. The number of carbonyl (C=O) groups is 1. The number of rotatable bonds is 5. The van der Waals surface area contributed by atoms with Crippen LogP contribution in [-0.4, -0.2) is 39.8 Å². The molecular weight excluding hydrogens is 340 g/mol. The number of ether oxygens (including phenoxy) is 2. The van der Waals surface area contributed by atoms with Crippen molar-refractivity contribution in [3.8, 4) is 0 Å². The molecular formula is C18H28N2O4S. The van der Waals surface area contributed by atoms with Gasteiger partial charge in [0.25, 0.3) is 0 Å². The first kappa shape index (κ1) is 19.9. The van der Waals surface area contributed by atoms with Crippen molar-refractivity contribution in [3.63, 3.8) is 0 Å². The van der Waals surface area contributed by atoms with E-state index in [1.807, 2.05) is 58.0 Å². The first-order chi connectivity index (χ1) is 11.7. The van der Waals surface area contributed by atoms with Crippen molar-refractivity contribution in [3.05, 3.63) is 35.9 Å². The van der Waals surface area contributed by atoms with Crippen LogP contribution in [0.5, 0.6) is 0 Å². The van der Waals surface area contributed by atoms with Crippen LogP contribution in [0.25, 0.3) is 0 Å². The van der Waals surface area contributed by atoms with Gasteiger partial charge in [-0.05, 0) is 39.7 Å². The zero-order valence-electron chi connectivity index (χ0n) is 15.3. The lowest BCUT2D eigenvalue weighted by molar-refractivity contribution is 0.0204. The quantitative estimate of drug-likeness (QED) is 0.837. The van der Waals surface area contributed by atoms with E-state index in [-0.39, 0.29) is 17.4 Å². The fourth-order valence-corrected chi connectivity index (χ4v) is 3.41. The Morgan fingerprint density at radius 2 is 2.04 bits per heavy atom. The van der Waals surface area contributed by atoms with E-state index in [1.165, 1.54) is 0 Å². The largest absolute Gasteiger partial charge is 0.445 e. The zero-order chi connectivity index (χ0) is 18.5. The Morgan fingerprint density at radius 1 is 1.36 bits per heavy atom. The van der Waals surface area contributed by atoms with Crippen molar-refractivity contribution >= 4 is 17.1 Å². The molecule has 0 spiro atoms. The zero-order valence-corrected chi connectivity index (χ0v) is 16.2. The average Bonchev–Trinajstić information content (AvgIpc) is 2.55. The molecule has 0 aromatic heterocycles. The van der Waals surface area contributed by atoms with Crippen molar-refractivity contribution in [2.75, 3.05) is 13.2 Å². The summed E-state index contributed by atoms with van der Waals surface area (Å²) in [4.78, 5) is 12.2. The molecule has 0 radical (unpaired) electrons. The highest BCUT2D eigenvalue weighted by atomic mass is 32.2. The molecule has 1 aliphatic heterocycles. The molecule has 2 rings (SSSR count). The van der Waals surface area contributed by atoms with Gasteiger partial charge in [-0.2, -0.15) is 0 Å². The molecule has 7 heteroatoms. The third kappa shape index (κ3) is 5.80. The molecule has 140 valence electrons. The molecule has 3 atom stereocenters. The highest BCUT2D eigenvalue weighted by Gasteiger charge is 2.41. The Balaban J connectivity index is 1.95. The van der Waals surface area contributed by atoms with Gasteiger partial charge >= 0.3 is 6.09 Å². The minimum absolute atomic E-state index is 0.207. The van der Waals surface area contributed by atoms with Crippen LogP contribution in [0.1, 0.15) is 39.7 Å². The second kappa shape index (κ2) is 8.29. The maximum atomic E-state index is 12.5. The van der Waals surface area contributed by atoms with Crippen molar-refractivity contribution in [1.82, 2.24) is 10.0 Å². The van der Waals surface area contributed by atoms with Crippen LogP contribution in [0, 0.1) is 0 Å². The van der Waals surface area contributed by atoms with E-state index in [2.05, 4.69) is 10.0 Å². The Hall–Kier alpha value is -1.44. The van der Waals surface area contributed by atoms with E-state index < -0.39 is 22.6 Å². The van der Waals surface area contributed by atoms with Gasteiger partial charge in [-0.25, -0.2) is 13.7 Å². The van der Waals surface area contributed by atoms with Gasteiger partial charge in [-0.1, -0.05) is 30.3 Å². The Morgan fingerprint density at radius 3 is 2.68 bits per heavy atom. The van der Waals surface area contributed by atoms with Gasteiger partial charge < -0.3 is 14.8 Å². The average molecular weight is 368 g/mol. The van der Waals surface area contributed by atoms with E-state index in [0.717, 1.165) is 5.56 Å². The minimum Gasteiger partial charge on any atom is -0.445 e. The molecule has 1 aliphatic rings. The van der Waals surface area contributed by atoms with Crippen LogP contribution in [0.15, 0.2) is 30.3 Å². The lowest BCUT2D eigenvalue weighted by Gasteiger charge is -2.42. The summed E-state index contributed by atoms with van der Waals surface area (Å²) in [6.45, 7) is 8.81. The standard InChI is InChI=1S/C18H28N2O4S/c1-17(2,3)25(22)20-18(4)10-11-23-13-15(18)19-16(21)24-12-14-8-6-5-7-9-14/h5-9,15,20H,10-13H2,1-4H3,(H,19,21)/t15-,18+,25-/m0/s1.